The van der Waals surface area contributed by atoms with Crippen LogP contribution in [0.5, 0.6) is 0 Å². The van der Waals surface area contributed by atoms with Gasteiger partial charge in [-0.3, -0.25) is 4.79 Å². The summed E-state index contributed by atoms with van der Waals surface area (Å²) in [5.74, 6) is -0.100. The normalized spacial score (nSPS) is 16.3. The van der Waals surface area contributed by atoms with E-state index in [0.717, 1.165) is 18.2 Å². The molecule has 156 valence electrons. The van der Waals surface area contributed by atoms with E-state index in [2.05, 4.69) is 27.5 Å². The van der Waals surface area contributed by atoms with Gasteiger partial charge >= 0.3 is 0 Å². The van der Waals surface area contributed by atoms with Gasteiger partial charge in [0.2, 0.25) is 5.91 Å². The number of amides is 1. The molecule has 1 amide bonds. The van der Waals surface area contributed by atoms with Gasteiger partial charge in [-0.1, -0.05) is 19.8 Å². The zero-order valence-corrected chi connectivity index (χ0v) is 17.2. The van der Waals surface area contributed by atoms with Gasteiger partial charge in [-0.05, 0) is 43.9 Å². The van der Waals surface area contributed by atoms with Crippen molar-refractivity contribution in [3.8, 4) is 0 Å². The molecule has 1 aromatic heterocycles. The molecule has 6 nitrogen and oxygen atoms in total. The van der Waals surface area contributed by atoms with Crippen molar-refractivity contribution in [2.45, 2.75) is 64.5 Å². The Morgan fingerprint density at radius 3 is 2.79 bits per heavy atom. The first-order valence-electron chi connectivity index (χ1n) is 10.4. The van der Waals surface area contributed by atoms with Crippen molar-refractivity contribution in [2.24, 2.45) is 10.7 Å². The lowest BCUT2D eigenvalue weighted by molar-refractivity contribution is -0.115. The molecule has 1 unspecified atom stereocenters. The van der Waals surface area contributed by atoms with Gasteiger partial charge in [-0.25, -0.2) is 9.37 Å². The zero-order valence-electron chi connectivity index (χ0n) is 17.2. The van der Waals surface area contributed by atoms with Crippen LogP contribution in [0.15, 0.2) is 29.3 Å². The maximum Gasteiger partial charge on any atom is 0.244 e. The summed E-state index contributed by atoms with van der Waals surface area (Å²) in [5, 5.41) is 7.81. The van der Waals surface area contributed by atoms with E-state index >= 15 is 0 Å². The smallest absolute Gasteiger partial charge is 0.244 e. The van der Waals surface area contributed by atoms with Crippen molar-refractivity contribution < 1.29 is 9.18 Å². The molecule has 1 aliphatic rings. The molecular formula is C22H30FN5O. The topological polar surface area (TPSA) is 92.4 Å². The van der Waals surface area contributed by atoms with Crippen molar-refractivity contribution in [1.29, 1.82) is 0 Å². The van der Waals surface area contributed by atoms with Crippen LogP contribution in [0.3, 0.4) is 0 Å². The zero-order chi connectivity index (χ0) is 20.8. The van der Waals surface area contributed by atoms with E-state index < -0.39 is 0 Å². The summed E-state index contributed by atoms with van der Waals surface area (Å²) < 4.78 is 13.6. The highest BCUT2D eigenvalue weighted by Gasteiger charge is 2.18. The van der Waals surface area contributed by atoms with Crippen LogP contribution in [0, 0.1) is 5.82 Å². The SMILES string of the molecule is CCC(CCNc1nc2cc(F)ccc2cc1C(N)=NC(C)=O)NC1CCCC1. The number of amidine groups is 1. The summed E-state index contributed by atoms with van der Waals surface area (Å²) in [6, 6.07) is 7.24. The Morgan fingerprint density at radius 2 is 2.10 bits per heavy atom. The highest BCUT2D eigenvalue weighted by atomic mass is 19.1. The summed E-state index contributed by atoms with van der Waals surface area (Å²) in [7, 11) is 0. The molecule has 0 spiro atoms. The highest BCUT2D eigenvalue weighted by molar-refractivity contribution is 6.08. The average Bonchev–Trinajstić information content (AvgIpc) is 3.19. The van der Waals surface area contributed by atoms with Gasteiger partial charge < -0.3 is 16.4 Å². The Labute approximate surface area is 171 Å². The predicted octanol–water partition coefficient (Wildman–Crippen LogP) is 3.74. The number of carbonyl (C=O) groups is 1. The number of aliphatic imine (C=N–C) groups is 1. The molecule has 1 atom stereocenters. The number of hydrogen-bond donors (Lipinski definition) is 3. The second-order valence-electron chi connectivity index (χ2n) is 7.71. The van der Waals surface area contributed by atoms with Gasteiger partial charge in [0.1, 0.15) is 17.5 Å². The van der Waals surface area contributed by atoms with E-state index in [1.807, 2.05) is 0 Å². The lowest BCUT2D eigenvalue weighted by atomic mass is 10.1. The lowest BCUT2D eigenvalue weighted by Crippen LogP contribution is -2.37. The molecule has 7 heteroatoms. The molecule has 1 aliphatic carbocycles. The van der Waals surface area contributed by atoms with E-state index in [4.69, 9.17) is 5.73 Å². The minimum Gasteiger partial charge on any atom is -0.383 e. The Hall–Kier alpha value is -2.54. The number of hydrogen-bond acceptors (Lipinski definition) is 4. The number of nitrogens with one attached hydrogen (secondary N) is 2. The van der Waals surface area contributed by atoms with Crippen LogP contribution in [0.4, 0.5) is 10.2 Å². The van der Waals surface area contributed by atoms with Crippen LogP contribution in [0.2, 0.25) is 0 Å². The molecule has 1 saturated carbocycles. The molecule has 2 aromatic rings. The fourth-order valence-electron chi connectivity index (χ4n) is 3.90. The Bertz CT molecular complexity index is 892. The molecule has 0 radical (unpaired) electrons. The van der Waals surface area contributed by atoms with Gasteiger partial charge in [0.25, 0.3) is 0 Å². The second-order valence-corrected chi connectivity index (χ2v) is 7.71. The first-order valence-corrected chi connectivity index (χ1v) is 10.4. The first kappa shape index (κ1) is 21.2. The summed E-state index contributed by atoms with van der Waals surface area (Å²) in [4.78, 5) is 19.8. The number of aromatic nitrogens is 1. The van der Waals surface area contributed by atoms with Crippen LogP contribution >= 0.6 is 0 Å². The molecular weight excluding hydrogens is 369 g/mol. The quantitative estimate of drug-likeness (QED) is 0.465. The van der Waals surface area contributed by atoms with Crippen LogP contribution in [0.25, 0.3) is 10.9 Å². The van der Waals surface area contributed by atoms with Gasteiger partial charge in [0.05, 0.1) is 11.1 Å². The summed E-state index contributed by atoms with van der Waals surface area (Å²) >= 11 is 0. The van der Waals surface area contributed by atoms with Crippen molar-refractivity contribution >= 4 is 28.5 Å². The fourth-order valence-corrected chi connectivity index (χ4v) is 3.90. The van der Waals surface area contributed by atoms with Gasteiger partial charge in [0, 0.05) is 37.0 Å². The molecule has 0 bridgehead atoms. The van der Waals surface area contributed by atoms with Crippen LogP contribution in [0.1, 0.15) is 57.9 Å². The van der Waals surface area contributed by atoms with E-state index in [0.29, 0.717) is 35.5 Å². The molecule has 0 aliphatic heterocycles. The third kappa shape index (κ3) is 5.73. The standard InChI is InChI=1S/C22H30FN5O/c1-3-17(27-18-6-4-5-7-18)10-11-25-22-19(21(24)26-14(2)29)12-15-8-9-16(23)13-20(15)28-22/h8-9,12-13,17-18,27H,3-7,10-11H2,1-2H3,(H,25,28)(H2,24,26,29). The average molecular weight is 400 g/mol. The Balaban J connectivity index is 1.77. The van der Waals surface area contributed by atoms with Gasteiger partial charge in [-0.2, -0.15) is 4.99 Å². The summed E-state index contributed by atoms with van der Waals surface area (Å²) in [6.07, 6.45) is 7.10. The predicted molar refractivity (Wildman–Crippen MR) is 116 cm³/mol. The van der Waals surface area contributed by atoms with Crippen LogP contribution in [-0.2, 0) is 4.79 Å². The molecule has 1 fully saturated rings. The first-order chi connectivity index (χ1) is 14.0. The fraction of sp³-hybridized carbons (Fsp3) is 0.500. The van der Waals surface area contributed by atoms with E-state index in [1.165, 1.54) is 44.7 Å². The monoisotopic (exact) mass is 399 g/mol. The maximum atomic E-state index is 13.6. The van der Waals surface area contributed by atoms with Crippen molar-refractivity contribution in [3.63, 3.8) is 0 Å². The van der Waals surface area contributed by atoms with E-state index in [9.17, 15) is 9.18 Å². The third-order valence-corrected chi connectivity index (χ3v) is 5.44. The minimum absolute atomic E-state index is 0.106. The number of anilines is 1. The number of pyridine rings is 1. The number of carbonyl (C=O) groups excluding carboxylic acids is 1. The van der Waals surface area contributed by atoms with Crippen LogP contribution in [-0.4, -0.2) is 35.4 Å². The number of nitrogens with two attached hydrogens (primary N) is 1. The number of rotatable bonds is 8. The van der Waals surface area contributed by atoms with Crippen molar-refractivity contribution in [3.05, 3.63) is 35.6 Å². The number of fused-ring (bicyclic) bond motifs is 1. The third-order valence-electron chi connectivity index (χ3n) is 5.44. The maximum absolute atomic E-state index is 13.6. The Kier molecular flexibility index (Phi) is 7.14. The molecule has 4 N–H and O–H groups in total. The number of nitrogens with zero attached hydrogens (tertiary/aromatic N) is 2. The molecule has 0 saturated heterocycles. The Morgan fingerprint density at radius 1 is 1.34 bits per heavy atom. The van der Waals surface area contributed by atoms with Gasteiger partial charge in [-0.15, -0.1) is 0 Å². The van der Waals surface area contributed by atoms with Crippen molar-refractivity contribution in [2.75, 3.05) is 11.9 Å². The van der Waals surface area contributed by atoms with E-state index in [-0.39, 0.29) is 17.6 Å². The lowest BCUT2D eigenvalue weighted by Gasteiger charge is -2.22. The summed E-state index contributed by atoms with van der Waals surface area (Å²) in [5.41, 5.74) is 7.13. The number of benzene rings is 1. The summed E-state index contributed by atoms with van der Waals surface area (Å²) in [6.45, 7) is 4.23. The molecule has 29 heavy (non-hydrogen) atoms. The molecule has 1 aromatic carbocycles. The number of halogens is 1. The van der Waals surface area contributed by atoms with Crippen LogP contribution < -0.4 is 16.4 Å². The van der Waals surface area contributed by atoms with Gasteiger partial charge in [0.15, 0.2) is 0 Å². The highest BCUT2D eigenvalue weighted by Crippen LogP contribution is 2.22. The minimum atomic E-state index is -0.375. The largest absolute Gasteiger partial charge is 0.383 e. The van der Waals surface area contributed by atoms with Crippen molar-refractivity contribution in [1.82, 2.24) is 10.3 Å². The molecule has 3 rings (SSSR count). The molecule has 1 heterocycles. The van der Waals surface area contributed by atoms with E-state index in [1.54, 1.807) is 12.1 Å². The second kappa shape index (κ2) is 9.78.